The van der Waals surface area contributed by atoms with Gasteiger partial charge in [0.15, 0.2) is 0 Å². The first-order valence-corrected chi connectivity index (χ1v) is 7.47. The number of benzene rings is 2. The molecule has 0 saturated heterocycles. The molecule has 2 heteroatoms. The maximum atomic E-state index is 10.2. The van der Waals surface area contributed by atoms with E-state index in [-0.39, 0.29) is 5.75 Å². The van der Waals surface area contributed by atoms with Gasteiger partial charge in [-0.25, -0.2) is 0 Å². The minimum absolute atomic E-state index is 0.281. The number of phenolic OH excluding ortho intramolecular Hbond substituents is 1. The second-order valence-electron chi connectivity index (χ2n) is 4.73. The minimum atomic E-state index is 0.281. The molecule has 1 N–H and O–H groups in total. The molecule has 0 aromatic heterocycles. The lowest BCUT2D eigenvalue weighted by molar-refractivity contribution is 0.474. The molecule has 0 spiro atoms. The summed E-state index contributed by atoms with van der Waals surface area (Å²) in [6, 6.07) is 15.2. The molecular formula is C19H19ClO. The van der Waals surface area contributed by atoms with Crippen LogP contribution in [0.5, 0.6) is 5.75 Å². The van der Waals surface area contributed by atoms with Gasteiger partial charge in [0.05, 0.1) is 0 Å². The van der Waals surface area contributed by atoms with Gasteiger partial charge in [-0.1, -0.05) is 67.1 Å². The predicted octanol–water partition coefficient (Wildman–Crippen LogP) is 5.94. The molecule has 0 atom stereocenters. The molecule has 0 saturated carbocycles. The number of phenols is 1. The van der Waals surface area contributed by atoms with Gasteiger partial charge in [0.25, 0.3) is 0 Å². The average Bonchev–Trinajstić information content (AvgIpc) is 2.49. The van der Waals surface area contributed by atoms with Gasteiger partial charge in [0, 0.05) is 16.1 Å². The molecule has 1 nitrogen and oxygen atoms in total. The molecule has 0 heterocycles. The van der Waals surface area contributed by atoms with Crippen molar-refractivity contribution in [1.29, 1.82) is 0 Å². The largest absolute Gasteiger partial charge is 0.507 e. The Kier molecular flexibility index (Phi) is 5.24. The summed E-state index contributed by atoms with van der Waals surface area (Å²) in [6.07, 6.45) is 5.04. The van der Waals surface area contributed by atoms with Gasteiger partial charge < -0.3 is 5.11 Å². The van der Waals surface area contributed by atoms with Crippen molar-refractivity contribution in [3.63, 3.8) is 0 Å². The Labute approximate surface area is 131 Å². The molecule has 2 aromatic rings. The predicted molar refractivity (Wildman–Crippen MR) is 91.5 cm³/mol. The van der Waals surface area contributed by atoms with E-state index in [0.717, 1.165) is 28.7 Å². The van der Waals surface area contributed by atoms with E-state index in [1.807, 2.05) is 55.5 Å². The number of hydrogen-bond acceptors (Lipinski definition) is 1. The summed E-state index contributed by atoms with van der Waals surface area (Å²) in [6.45, 7) is 4.07. The number of para-hydroxylation sites is 1. The van der Waals surface area contributed by atoms with E-state index < -0.39 is 0 Å². The molecule has 2 rings (SSSR count). The molecule has 0 amide bonds. The molecule has 108 valence electrons. The van der Waals surface area contributed by atoms with Crippen molar-refractivity contribution >= 4 is 22.7 Å². The lowest BCUT2D eigenvalue weighted by atomic mass is 9.91. The van der Waals surface area contributed by atoms with E-state index in [9.17, 15) is 5.11 Å². The molecule has 0 fully saturated rings. The monoisotopic (exact) mass is 298 g/mol. The summed E-state index contributed by atoms with van der Waals surface area (Å²) >= 11 is 6.34. The minimum Gasteiger partial charge on any atom is -0.507 e. The zero-order chi connectivity index (χ0) is 15.2. The topological polar surface area (TPSA) is 20.2 Å². The fraction of sp³-hybridized carbons (Fsp3) is 0.158. The van der Waals surface area contributed by atoms with Crippen LogP contribution in [-0.4, -0.2) is 5.11 Å². The van der Waals surface area contributed by atoms with Crippen LogP contribution >= 0.6 is 11.6 Å². The number of allylic oxidation sites excluding steroid dienone is 4. The summed E-state index contributed by atoms with van der Waals surface area (Å²) < 4.78 is 0. The van der Waals surface area contributed by atoms with Crippen molar-refractivity contribution in [2.75, 3.05) is 0 Å². The van der Waals surface area contributed by atoms with Crippen molar-refractivity contribution < 1.29 is 5.11 Å². The summed E-state index contributed by atoms with van der Waals surface area (Å²) in [5.41, 5.74) is 3.84. The van der Waals surface area contributed by atoms with Gasteiger partial charge in [-0.3, -0.25) is 0 Å². The van der Waals surface area contributed by atoms with Crippen LogP contribution in [0.4, 0.5) is 0 Å². The Morgan fingerprint density at radius 2 is 1.62 bits per heavy atom. The summed E-state index contributed by atoms with van der Waals surface area (Å²) in [5.74, 6) is 0.281. The van der Waals surface area contributed by atoms with Crippen LogP contribution in [0.3, 0.4) is 0 Å². The highest BCUT2D eigenvalue weighted by molar-refractivity contribution is 6.33. The second-order valence-corrected chi connectivity index (χ2v) is 5.13. The zero-order valence-electron chi connectivity index (χ0n) is 12.3. The third-order valence-corrected chi connectivity index (χ3v) is 3.67. The highest BCUT2D eigenvalue weighted by Gasteiger charge is 2.14. The van der Waals surface area contributed by atoms with E-state index in [0.29, 0.717) is 5.02 Å². The van der Waals surface area contributed by atoms with Gasteiger partial charge in [-0.15, -0.1) is 0 Å². The van der Waals surface area contributed by atoms with Crippen molar-refractivity contribution in [2.24, 2.45) is 0 Å². The number of aromatic hydroxyl groups is 1. The first kappa shape index (κ1) is 15.4. The van der Waals surface area contributed by atoms with Crippen LogP contribution in [-0.2, 0) is 0 Å². The van der Waals surface area contributed by atoms with Gasteiger partial charge in [0.1, 0.15) is 5.75 Å². The molecule has 0 radical (unpaired) electrons. The fourth-order valence-electron chi connectivity index (χ4n) is 2.41. The first-order chi connectivity index (χ1) is 10.2. The second kappa shape index (κ2) is 7.14. The molecule has 0 bridgehead atoms. The molecule has 0 aliphatic heterocycles. The lowest BCUT2D eigenvalue weighted by Gasteiger charge is -2.15. The van der Waals surface area contributed by atoms with E-state index >= 15 is 0 Å². The highest BCUT2D eigenvalue weighted by Crippen LogP contribution is 2.38. The van der Waals surface area contributed by atoms with E-state index in [2.05, 4.69) is 13.0 Å². The van der Waals surface area contributed by atoms with Crippen molar-refractivity contribution in [1.82, 2.24) is 0 Å². The van der Waals surface area contributed by atoms with E-state index in [4.69, 9.17) is 11.6 Å². The smallest absolute Gasteiger partial charge is 0.123 e. The van der Waals surface area contributed by atoms with Crippen LogP contribution in [0.25, 0.3) is 11.1 Å². The summed E-state index contributed by atoms with van der Waals surface area (Å²) in [5, 5.41) is 10.9. The van der Waals surface area contributed by atoms with Gasteiger partial charge in [-0.05, 0) is 36.6 Å². The Hall–Kier alpha value is -1.99. The highest BCUT2D eigenvalue weighted by atomic mass is 35.5. The van der Waals surface area contributed by atoms with Gasteiger partial charge >= 0.3 is 0 Å². The summed E-state index contributed by atoms with van der Waals surface area (Å²) in [4.78, 5) is 0. The molecular weight excluding hydrogens is 280 g/mol. The van der Waals surface area contributed by atoms with E-state index in [1.165, 1.54) is 0 Å². The lowest BCUT2D eigenvalue weighted by Crippen LogP contribution is -1.92. The maximum absolute atomic E-state index is 10.2. The Bertz CT molecular complexity index is 683. The normalized spacial score (nSPS) is 12.5. The van der Waals surface area contributed by atoms with Crippen LogP contribution in [0.1, 0.15) is 31.4 Å². The van der Waals surface area contributed by atoms with Gasteiger partial charge in [-0.2, -0.15) is 0 Å². The molecule has 0 aliphatic carbocycles. The van der Waals surface area contributed by atoms with Crippen LogP contribution in [0.15, 0.2) is 60.7 Å². The quantitative estimate of drug-likeness (QED) is 0.692. The van der Waals surface area contributed by atoms with Crippen molar-refractivity contribution in [3.05, 3.63) is 76.8 Å². The molecule has 2 aromatic carbocycles. The molecule has 0 aliphatic rings. The Balaban J connectivity index is 2.60. The Morgan fingerprint density at radius 1 is 1.00 bits per heavy atom. The maximum Gasteiger partial charge on any atom is 0.123 e. The summed E-state index contributed by atoms with van der Waals surface area (Å²) in [7, 11) is 0. The number of rotatable bonds is 4. The van der Waals surface area contributed by atoms with Crippen molar-refractivity contribution in [2.45, 2.75) is 20.3 Å². The van der Waals surface area contributed by atoms with Crippen LogP contribution < -0.4 is 0 Å². The number of hydrogen-bond donors (Lipinski definition) is 1. The molecule has 0 unspecified atom stereocenters. The third-order valence-electron chi connectivity index (χ3n) is 3.35. The van der Waals surface area contributed by atoms with Crippen LogP contribution in [0.2, 0.25) is 5.02 Å². The average molecular weight is 299 g/mol. The SMILES string of the molecule is C/C=C(\C(=C/CC)c1ccccc1O)c1ccccc1Cl. The third kappa shape index (κ3) is 3.37. The zero-order valence-corrected chi connectivity index (χ0v) is 13.1. The number of halogens is 1. The fourth-order valence-corrected chi connectivity index (χ4v) is 2.64. The molecule has 21 heavy (non-hydrogen) atoms. The first-order valence-electron chi connectivity index (χ1n) is 7.09. The van der Waals surface area contributed by atoms with Crippen molar-refractivity contribution in [3.8, 4) is 5.75 Å². The van der Waals surface area contributed by atoms with Crippen LogP contribution in [0, 0.1) is 0 Å². The van der Waals surface area contributed by atoms with Gasteiger partial charge in [0.2, 0.25) is 0 Å². The van der Waals surface area contributed by atoms with E-state index in [1.54, 1.807) is 6.07 Å². The standard InChI is InChI=1S/C19H19ClO/c1-3-9-15(17-11-6-8-13-19(17)21)14(4-2)16-10-5-7-12-18(16)20/h4-13,21H,3H2,1-2H3/b14-4+,15-9+. The Morgan fingerprint density at radius 3 is 2.19 bits per heavy atom.